The van der Waals surface area contributed by atoms with Crippen molar-refractivity contribution in [2.75, 3.05) is 38.8 Å². The van der Waals surface area contributed by atoms with Gasteiger partial charge in [0, 0.05) is 24.3 Å². The Morgan fingerprint density at radius 3 is 2.95 bits per heavy atom. The molecule has 2 aromatic carbocycles. The van der Waals surface area contributed by atoms with Crippen molar-refractivity contribution in [2.24, 2.45) is 0 Å². The summed E-state index contributed by atoms with van der Waals surface area (Å²) in [6.45, 7) is 1.22. The van der Waals surface area contributed by atoms with E-state index in [2.05, 4.69) is 20.6 Å². The van der Waals surface area contributed by atoms with E-state index in [4.69, 9.17) is 21.1 Å². The number of hydrogen-bond acceptors (Lipinski definition) is 8. The van der Waals surface area contributed by atoms with E-state index >= 15 is 0 Å². The van der Waals surface area contributed by atoms with Gasteiger partial charge in [0.1, 0.15) is 12.3 Å². The lowest BCUT2D eigenvalue weighted by atomic mass is 10.0. The van der Waals surface area contributed by atoms with Gasteiger partial charge in [0.05, 0.1) is 49.3 Å². The molecule has 1 aromatic heterocycles. The Morgan fingerprint density at radius 1 is 1.31 bits per heavy atom. The molecule has 5 rings (SSSR count). The van der Waals surface area contributed by atoms with Crippen LogP contribution in [-0.4, -0.2) is 71.3 Å². The molecule has 1 fully saturated rings. The number of rotatable bonds is 9. The number of nitrogens with one attached hydrogen (secondary N) is 2. The second kappa shape index (κ2) is 12.0. The van der Waals surface area contributed by atoms with Crippen molar-refractivity contribution in [1.82, 2.24) is 20.2 Å². The van der Waals surface area contributed by atoms with Gasteiger partial charge in [-0.05, 0) is 42.2 Å². The van der Waals surface area contributed by atoms with Crippen LogP contribution in [0.15, 0.2) is 48.7 Å². The number of carbonyl (C=O) groups is 2. The predicted molar refractivity (Wildman–Crippen MR) is 146 cm³/mol. The van der Waals surface area contributed by atoms with Gasteiger partial charge in [0.25, 0.3) is 5.91 Å². The number of nitrogens with zero attached hydrogens (tertiary/aromatic N) is 3. The maximum Gasteiger partial charge on any atom is 0.254 e. The number of aliphatic hydroxyl groups is 1. The van der Waals surface area contributed by atoms with Gasteiger partial charge in [0.15, 0.2) is 0 Å². The molecule has 204 valence electrons. The summed E-state index contributed by atoms with van der Waals surface area (Å²) in [5.41, 5.74) is 3.21. The van der Waals surface area contributed by atoms with Crippen LogP contribution in [-0.2, 0) is 16.1 Å². The molecule has 3 N–H and O–H groups in total. The van der Waals surface area contributed by atoms with Crippen LogP contribution in [0.25, 0.3) is 11.3 Å². The summed E-state index contributed by atoms with van der Waals surface area (Å²) in [4.78, 5) is 36.4. The Kier molecular flexibility index (Phi) is 8.25. The zero-order chi connectivity index (χ0) is 27.4. The number of benzene rings is 2. The summed E-state index contributed by atoms with van der Waals surface area (Å²) in [6.07, 6.45) is 3.49. The van der Waals surface area contributed by atoms with Crippen molar-refractivity contribution in [3.63, 3.8) is 0 Å². The molecule has 3 aromatic rings. The summed E-state index contributed by atoms with van der Waals surface area (Å²) < 4.78 is 10.7. The van der Waals surface area contributed by atoms with Crippen molar-refractivity contribution in [3.8, 4) is 17.0 Å². The third kappa shape index (κ3) is 6.13. The van der Waals surface area contributed by atoms with Crippen molar-refractivity contribution in [1.29, 1.82) is 0 Å². The molecule has 0 unspecified atom stereocenters. The van der Waals surface area contributed by atoms with Gasteiger partial charge in [-0.15, -0.1) is 0 Å². The molecule has 2 atom stereocenters. The van der Waals surface area contributed by atoms with E-state index in [0.29, 0.717) is 52.3 Å². The molecule has 39 heavy (non-hydrogen) atoms. The van der Waals surface area contributed by atoms with Crippen LogP contribution >= 0.6 is 11.6 Å². The molecule has 2 amide bonds. The van der Waals surface area contributed by atoms with E-state index in [9.17, 15) is 14.7 Å². The average Bonchev–Trinajstić information content (AvgIpc) is 3.27. The Balaban J connectivity index is 1.27. The van der Waals surface area contributed by atoms with Crippen LogP contribution in [0.3, 0.4) is 0 Å². The summed E-state index contributed by atoms with van der Waals surface area (Å²) in [5, 5.41) is 16.3. The first kappa shape index (κ1) is 26.9. The van der Waals surface area contributed by atoms with Crippen molar-refractivity contribution < 1.29 is 24.2 Å². The highest BCUT2D eigenvalue weighted by Gasteiger charge is 2.30. The molecule has 0 bridgehead atoms. The molecule has 11 heteroatoms. The van der Waals surface area contributed by atoms with Crippen LogP contribution < -0.4 is 15.4 Å². The minimum atomic E-state index is -0.623. The van der Waals surface area contributed by atoms with Gasteiger partial charge in [-0.2, -0.15) is 0 Å². The van der Waals surface area contributed by atoms with Crippen molar-refractivity contribution in [3.05, 3.63) is 70.4 Å². The van der Waals surface area contributed by atoms with Crippen LogP contribution in [0.4, 0.5) is 5.95 Å². The fraction of sp³-hybridized carbons (Fsp3) is 0.357. The van der Waals surface area contributed by atoms with Crippen LogP contribution in [0.2, 0.25) is 5.02 Å². The van der Waals surface area contributed by atoms with Crippen molar-refractivity contribution >= 4 is 29.4 Å². The lowest BCUT2D eigenvalue weighted by molar-refractivity contribution is -0.122. The monoisotopic (exact) mass is 551 g/mol. The normalized spacial score (nSPS) is 17.5. The van der Waals surface area contributed by atoms with E-state index in [0.717, 1.165) is 25.0 Å². The number of halogens is 1. The fourth-order valence-corrected chi connectivity index (χ4v) is 5.02. The largest absolute Gasteiger partial charge is 0.497 e. The first-order valence-corrected chi connectivity index (χ1v) is 13.2. The molecule has 1 saturated heterocycles. The van der Waals surface area contributed by atoms with Crippen LogP contribution in [0, 0.1) is 0 Å². The molecule has 2 aliphatic rings. The SMILES string of the molecule is COc1cccc([C@@H](CO)NC(=O)CN2Cc3ccc(-c4nc(N[C@@H]5CCCOC5)ncc4Cl)cc3C2=O)c1. The zero-order valence-corrected chi connectivity index (χ0v) is 22.3. The van der Waals surface area contributed by atoms with E-state index < -0.39 is 6.04 Å². The molecule has 0 radical (unpaired) electrons. The quantitative estimate of drug-likeness (QED) is 0.370. The number of hydrogen-bond donors (Lipinski definition) is 3. The fourth-order valence-electron chi connectivity index (χ4n) is 4.82. The maximum absolute atomic E-state index is 13.2. The van der Waals surface area contributed by atoms with E-state index in [1.807, 2.05) is 12.1 Å². The summed E-state index contributed by atoms with van der Waals surface area (Å²) in [5.74, 6) is 0.437. The second-order valence-electron chi connectivity index (χ2n) is 9.56. The summed E-state index contributed by atoms with van der Waals surface area (Å²) >= 11 is 6.44. The lowest BCUT2D eigenvalue weighted by Crippen LogP contribution is -2.40. The van der Waals surface area contributed by atoms with Gasteiger partial charge < -0.3 is 30.1 Å². The van der Waals surface area contributed by atoms with Crippen LogP contribution in [0.1, 0.15) is 40.4 Å². The van der Waals surface area contributed by atoms with E-state index in [1.54, 1.807) is 43.6 Å². The molecule has 2 aliphatic heterocycles. The number of amides is 2. The molecule has 0 saturated carbocycles. The van der Waals surface area contributed by atoms with Gasteiger partial charge in [-0.25, -0.2) is 9.97 Å². The smallest absolute Gasteiger partial charge is 0.254 e. The molecule has 10 nitrogen and oxygen atoms in total. The van der Waals surface area contributed by atoms with Gasteiger partial charge in [0.2, 0.25) is 11.9 Å². The maximum atomic E-state index is 13.2. The number of fused-ring (bicyclic) bond motifs is 1. The Bertz CT molecular complexity index is 1360. The standard InChI is InChI=1S/C28H30ClN5O5/c1-38-21-6-2-4-17(10-21)24(15-35)32-25(36)14-34-13-19-8-7-18(11-22(19)27(34)37)26-23(29)12-30-28(33-26)31-20-5-3-9-39-16-20/h2,4,6-8,10-12,20,24,35H,3,5,9,13-16H2,1H3,(H,32,36)(H,30,31,33)/t20-,24-/m1/s1. The summed E-state index contributed by atoms with van der Waals surface area (Å²) in [7, 11) is 1.55. The minimum Gasteiger partial charge on any atom is -0.497 e. The third-order valence-corrected chi connectivity index (χ3v) is 7.12. The Hall–Kier alpha value is -3.73. The first-order valence-electron chi connectivity index (χ1n) is 12.8. The van der Waals surface area contributed by atoms with Crippen molar-refractivity contribution in [2.45, 2.75) is 31.5 Å². The van der Waals surface area contributed by atoms with Gasteiger partial charge in [-0.3, -0.25) is 9.59 Å². The van der Waals surface area contributed by atoms with Gasteiger partial charge in [-0.1, -0.05) is 35.9 Å². The second-order valence-corrected chi connectivity index (χ2v) is 9.97. The highest BCUT2D eigenvalue weighted by molar-refractivity contribution is 6.33. The molecular weight excluding hydrogens is 522 g/mol. The zero-order valence-electron chi connectivity index (χ0n) is 21.5. The number of methoxy groups -OCH3 is 1. The lowest BCUT2D eigenvalue weighted by Gasteiger charge is -2.23. The van der Waals surface area contributed by atoms with Crippen LogP contribution in [0.5, 0.6) is 5.75 Å². The Labute approximate surface area is 231 Å². The molecule has 3 heterocycles. The molecule has 0 spiro atoms. The third-order valence-electron chi connectivity index (χ3n) is 6.85. The summed E-state index contributed by atoms with van der Waals surface area (Å²) in [6, 6.07) is 12.1. The number of carbonyl (C=O) groups excluding carboxylic acids is 2. The predicted octanol–water partition coefficient (Wildman–Crippen LogP) is 3.20. The van der Waals surface area contributed by atoms with Gasteiger partial charge >= 0.3 is 0 Å². The number of aromatic nitrogens is 2. The highest BCUT2D eigenvalue weighted by atomic mass is 35.5. The van der Waals surface area contributed by atoms with E-state index in [1.165, 1.54) is 4.90 Å². The number of ether oxygens (including phenoxy) is 2. The molecule has 0 aliphatic carbocycles. The minimum absolute atomic E-state index is 0.128. The first-order chi connectivity index (χ1) is 18.9. The number of aliphatic hydroxyl groups excluding tert-OH is 1. The highest BCUT2D eigenvalue weighted by Crippen LogP contribution is 2.31. The molecular formula is C28H30ClN5O5. The topological polar surface area (TPSA) is 126 Å². The van der Waals surface area contributed by atoms with E-state index in [-0.39, 0.29) is 31.0 Å². The number of anilines is 1. The Morgan fingerprint density at radius 2 is 2.18 bits per heavy atom. The average molecular weight is 552 g/mol.